The molecule has 0 bridgehead atoms. The predicted molar refractivity (Wildman–Crippen MR) is 56.9 cm³/mol. The van der Waals surface area contributed by atoms with Gasteiger partial charge in [-0.25, -0.2) is 4.98 Å². The van der Waals surface area contributed by atoms with Crippen LogP contribution in [-0.2, 0) is 0 Å². The maximum Gasteiger partial charge on any atom is 0.109 e. The maximum absolute atomic E-state index is 4.31. The highest BCUT2D eigenvalue weighted by atomic mass is 79.9. The molecule has 1 fully saturated rings. The summed E-state index contributed by atoms with van der Waals surface area (Å²) in [4.78, 5) is 4.31. The lowest BCUT2D eigenvalue weighted by Gasteiger charge is -2.10. The van der Waals surface area contributed by atoms with Crippen LogP contribution < -0.4 is 5.32 Å². The Bertz CT molecular complexity index is 306. The molecule has 1 aromatic heterocycles. The Labute approximate surface area is 86.9 Å². The van der Waals surface area contributed by atoms with Crippen molar-refractivity contribution in [3.63, 3.8) is 0 Å². The normalized spacial score (nSPS) is 22.2. The van der Waals surface area contributed by atoms with Gasteiger partial charge < -0.3 is 5.32 Å². The number of rotatable bonds is 1. The second-order valence-electron chi connectivity index (χ2n) is 3.58. The molecule has 0 amide bonds. The van der Waals surface area contributed by atoms with Gasteiger partial charge in [-0.1, -0.05) is 6.07 Å². The van der Waals surface area contributed by atoms with Crippen LogP contribution in [-0.4, -0.2) is 18.1 Å². The first-order valence-electron chi connectivity index (χ1n) is 4.60. The quantitative estimate of drug-likeness (QED) is 0.762. The summed E-state index contributed by atoms with van der Waals surface area (Å²) in [5.41, 5.74) is 2.59. The van der Waals surface area contributed by atoms with Crippen LogP contribution in [0.2, 0.25) is 0 Å². The molecule has 1 aliphatic heterocycles. The molecule has 70 valence electrons. The fourth-order valence-corrected chi connectivity index (χ4v) is 2.32. The SMILES string of the molecule is Cc1cnc(Br)c(C2CCNC2)c1. The van der Waals surface area contributed by atoms with Crippen LogP contribution >= 0.6 is 15.9 Å². The molecule has 1 atom stereocenters. The van der Waals surface area contributed by atoms with Crippen LogP contribution in [0.1, 0.15) is 23.5 Å². The van der Waals surface area contributed by atoms with Gasteiger partial charge in [-0.3, -0.25) is 0 Å². The molecule has 2 rings (SSSR count). The van der Waals surface area contributed by atoms with Crippen LogP contribution in [0.5, 0.6) is 0 Å². The zero-order valence-corrected chi connectivity index (χ0v) is 9.26. The number of nitrogens with one attached hydrogen (secondary N) is 1. The molecule has 2 heterocycles. The molecule has 1 saturated heterocycles. The van der Waals surface area contributed by atoms with Crippen molar-refractivity contribution in [3.8, 4) is 0 Å². The van der Waals surface area contributed by atoms with Crippen LogP contribution in [0.25, 0.3) is 0 Å². The molecule has 0 aromatic carbocycles. The van der Waals surface area contributed by atoms with E-state index in [9.17, 15) is 0 Å². The molecule has 3 heteroatoms. The van der Waals surface area contributed by atoms with Crippen molar-refractivity contribution in [2.75, 3.05) is 13.1 Å². The molecule has 1 N–H and O–H groups in total. The third kappa shape index (κ3) is 1.92. The molecule has 1 unspecified atom stereocenters. The molecular weight excluding hydrogens is 228 g/mol. The summed E-state index contributed by atoms with van der Waals surface area (Å²) in [7, 11) is 0. The third-order valence-corrected chi connectivity index (χ3v) is 3.17. The van der Waals surface area contributed by atoms with Crippen molar-refractivity contribution in [3.05, 3.63) is 28.0 Å². The second kappa shape index (κ2) is 3.76. The standard InChI is InChI=1S/C10H13BrN2/c1-7-4-9(10(11)13-5-7)8-2-3-12-6-8/h4-5,8,12H,2-3,6H2,1H3. The van der Waals surface area contributed by atoms with E-state index in [1.165, 1.54) is 17.5 Å². The molecule has 0 radical (unpaired) electrons. The van der Waals surface area contributed by atoms with Gasteiger partial charge in [0.1, 0.15) is 4.60 Å². The number of nitrogens with zero attached hydrogens (tertiary/aromatic N) is 1. The van der Waals surface area contributed by atoms with E-state index in [-0.39, 0.29) is 0 Å². The van der Waals surface area contributed by atoms with Crippen molar-refractivity contribution >= 4 is 15.9 Å². The third-order valence-electron chi connectivity index (χ3n) is 2.50. The van der Waals surface area contributed by atoms with E-state index >= 15 is 0 Å². The van der Waals surface area contributed by atoms with Crippen molar-refractivity contribution in [1.29, 1.82) is 0 Å². The van der Waals surface area contributed by atoms with E-state index in [4.69, 9.17) is 0 Å². The van der Waals surface area contributed by atoms with Gasteiger partial charge in [-0.05, 0) is 46.9 Å². The first kappa shape index (κ1) is 9.16. The Morgan fingerprint density at radius 2 is 2.46 bits per heavy atom. The topological polar surface area (TPSA) is 24.9 Å². The molecule has 0 aliphatic carbocycles. The monoisotopic (exact) mass is 240 g/mol. The molecule has 0 spiro atoms. The smallest absolute Gasteiger partial charge is 0.109 e. The summed E-state index contributed by atoms with van der Waals surface area (Å²) < 4.78 is 1.01. The first-order valence-corrected chi connectivity index (χ1v) is 5.39. The van der Waals surface area contributed by atoms with Crippen LogP contribution in [0, 0.1) is 6.92 Å². The molecule has 0 saturated carbocycles. The van der Waals surface area contributed by atoms with Gasteiger partial charge in [0.25, 0.3) is 0 Å². The molecule has 13 heavy (non-hydrogen) atoms. The number of hydrogen-bond acceptors (Lipinski definition) is 2. The highest BCUT2D eigenvalue weighted by Gasteiger charge is 2.19. The lowest BCUT2D eigenvalue weighted by Crippen LogP contribution is -2.08. The summed E-state index contributed by atoms with van der Waals surface area (Å²) in [5, 5.41) is 3.37. The minimum atomic E-state index is 0.641. The lowest BCUT2D eigenvalue weighted by molar-refractivity contribution is 0.752. The van der Waals surface area contributed by atoms with Crippen LogP contribution in [0.4, 0.5) is 0 Å². The summed E-state index contributed by atoms with van der Waals surface area (Å²) in [6.45, 7) is 4.31. The largest absolute Gasteiger partial charge is 0.316 e. The van der Waals surface area contributed by atoms with Crippen molar-refractivity contribution in [2.24, 2.45) is 0 Å². The Hall–Kier alpha value is -0.410. The summed E-state index contributed by atoms with van der Waals surface area (Å²) in [5.74, 6) is 0.641. The number of halogens is 1. The summed E-state index contributed by atoms with van der Waals surface area (Å²) >= 11 is 3.50. The highest BCUT2D eigenvalue weighted by Crippen LogP contribution is 2.28. The molecule has 1 aliphatic rings. The highest BCUT2D eigenvalue weighted by molar-refractivity contribution is 9.10. The van der Waals surface area contributed by atoms with E-state index in [1.807, 2.05) is 6.20 Å². The van der Waals surface area contributed by atoms with E-state index in [0.29, 0.717) is 5.92 Å². The molecule has 2 nitrogen and oxygen atoms in total. The van der Waals surface area contributed by atoms with Crippen LogP contribution in [0.3, 0.4) is 0 Å². The Morgan fingerprint density at radius 3 is 3.15 bits per heavy atom. The Kier molecular flexibility index (Phi) is 2.65. The minimum Gasteiger partial charge on any atom is -0.316 e. The number of aromatic nitrogens is 1. The summed E-state index contributed by atoms with van der Waals surface area (Å²) in [6.07, 6.45) is 3.12. The van der Waals surface area contributed by atoms with Crippen molar-refractivity contribution < 1.29 is 0 Å². The molecule has 1 aromatic rings. The van der Waals surface area contributed by atoms with E-state index in [1.54, 1.807) is 0 Å². The fraction of sp³-hybridized carbons (Fsp3) is 0.500. The maximum atomic E-state index is 4.31. The predicted octanol–water partition coefficient (Wildman–Crippen LogP) is 2.23. The van der Waals surface area contributed by atoms with Gasteiger partial charge in [0.15, 0.2) is 0 Å². The van der Waals surface area contributed by atoms with Gasteiger partial charge >= 0.3 is 0 Å². The van der Waals surface area contributed by atoms with E-state index < -0.39 is 0 Å². The van der Waals surface area contributed by atoms with Gasteiger partial charge in [0.05, 0.1) is 0 Å². The average molecular weight is 241 g/mol. The number of pyridine rings is 1. The average Bonchev–Trinajstić information content (AvgIpc) is 2.61. The fourth-order valence-electron chi connectivity index (χ4n) is 1.78. The zero-order valence-electron chi connectivity index (χ0n) is 7.68. The first-order chi connectivity index (χ1) is 6.27. The van der Waals surface area contributed by atoms with E-state index in [2.05, 4.69) is 39.2 Å². The van der Waals surface area contributed by atoms with Gasteiger partial charge in [0, 0.05) is 18.7 Å². The van der Waals surface area contributed by atoms with Gasteiger partial charge in [-0.15, -0.1) is 0 Å². The van der Waals surface area contributed by atoms with Crippen molar-refractivity contribution in [1.82, 2.24) is 10.3 Å². The summed E-state index contributed by atoms with van der Waals surface area (Å²) in [6, 6.07) is 2.23. The minimum absolute atomic E-state index is 0.641. The van der Waals surface area contributed by atoms with Gasteiger partial charge in [0.2, 0.25) is 0 Å². The number of hydrogen-bond donors (Lipinski definition) is 1. The zero-order chi connectivity index (χ0) is 9.26. The molecular formula is C10H13BrN2. The van der Waals surface area contributed by atoms with E-state index in [0.717, 1.165) is 17.7 Å². The van der Waals surface area contributed by atoms with Crippen molar-refractivity contribution in [2.45, 2.75) is 19.3 Å². The Balaban J connectivity index is 2.32. The Morgan fingerprint density at radius 1 is 1.62 bits per heavy atom. The second-order valence-corrected chi connectivity index (χ2v) is 4.33. The lowest BCUT2D eigenvalue weighted by atomic mass is 9.99. The number of aryl methyl sites for hydroxylation is 1. The van der Waals surface area contributed by atoms with Gasteiger partial charge in [-0.2, -0.15) is 0 Å². The van der Waals surface area contributed by atoms with Crippen LogP contribution in [0.15, 0.2) is 16.9 Å².